The second kappa shape index (κ2) is 15.6. The monoisotopic (exact) mass is 575 g/mol. The molecular formula is C29H45N5O5S. The molecule has 2 rings (SSSR count). The van der Waals surface area contributed by atoms with Gasteiger partial charge in [0.2, 0.25) is 23.6 Å². The Morgan fingerprint density at radius 3 is 2.35 bits per heavy atom. The minimum atomic E-state index is -1.25. The first-order valence-electron chi connectivity index (χ1n) is 14.0. The normalized spacial score (nSPS) is 22.9. The molecule has 0 saturated heterocycles. The van der Waals surface area contributed by atoms with Crippen molar-refractivity contribution in [1.82, 2.24) is 26.6 Å². The minimum absolute atomic E-state index is 0.0865. The van der Waals surface area contributed by atoms with Gasteiger partial charge in [0.25, 0.3) is 5.91 Å². The van der Waals surface area contributed by atoms with Crippen LogP contribution in [0.4, 0.5) is 0 Å². The highest BCUT2D eigenvalue weighted by molar-refractivity contribution is 7.98. The Bertz CT molecular complexity index is 1060. The van der Waals surface area contributed by atoms with Gasteiger partial charge in [-0.2, -0.15) is 11.8 Å². The molecule has 1 aliphatic rings. The maximum Gasteiger partial charge on any atom is 0.251 e. The maximum absolute atomic E-state index is 13.4. The minimum Gasteiger partial charge on any atom is -0.353 e. The maximum atomic E-state index is 13.4. The largest absolute Gasteiger partial charge is 0.353 e. The van der Waals surface area contributed by atoms with Gasteiger partial charge in [0.1, 0.15) is 17.6 Å². The highest BCUT2D eigenvalue weighted by atomic mass is 32.2. The molecule has 0 aromatic heterocycles. The number of hydrogen-bond donors (Lipinski definition) is 5. The Balaban J connectivity index is 2.29. The van der Waals surface area contributed by atoms with Gasteiger partial charge in [-0.3, -0.25) is 24.0 Å². The van der Waals surface area contributed by atoms with E-state index >= 15 is 0 Å². The number of nitrogens with one attached hydrogen (secondary N) is 5. The summed E-state index contributed by atoms with van der Waals surface area (Å²) in [6.45, 7) is 11.3. The zero-order valence-electron chi connectivity index (χ0n) is 24.5. The molecule has 10 nitrogen and oxygen atoms in total. The van der Waals surface area contributed by atoms with Gasteiger partial charge in [0.15, 0.2) is 0 Å². The van der Waals surface area contributed by atoms with E-state index in [1.807, 2.05) is 45.9 Å². The molecule has 0 saturated carbocycles. The predicted molar refractivity (Wildman–Crippen MR) is 158 cm³/mol. The van der Waals surface area contributed by atoms with Crippen molar-refractivity contribution in [2.75, 3.05) is 18.8 Å². The quantitative estimate of drug-likeness (QED) is 0.372. The highest BCUT2D eigenvalue weighted by Crippen LogP contribution is 2.16. The van der Waals surface area contributed by atoms with Crippen LogP contribution in [0.25, 0.3) is 0 Å². The van der Waals surface area contributed by atoms with Crippen LogP contribution in [0.1, 0.15) is 76.7 Å². The summed E-state index contributed by atoms with van der Waals surface area (Å²) in [6, 6.07) is 5.56. The average Bonchev–Trinajstić information content (AvgIpc) is 2.90. The van der Waals surface area contributed by atoms with Crippen molar-refractivity contribution < 1.29 is 24.0 Å². The number of fused-ring (bicyclic) bond motifs is 2. The van der Waals surface area contributed by atoms with Crippen LogP contribution in [0.3, 0.4) is 0 Å². The topological polar surface area (TPSA) is 146 Å². The molecule has 0 radical (unpaired) electrons. The molecule has 0 aliphatic carbocycles. The number of benzene rings is 1. The van der Waals surface area contributed by atoms with E-state index in [1.165, 1.54) is 0 Å². The summed E-state index contributed by atoms with van der Waals surface area (Å²) in [5, 5.41) is 14.0. The fourth-order valence-corrected chi connectivity index (χ4v) is 5.09. The van der Waals surface area contributed by atoms with Gasteiger partial charge in [-0.1, -0.05) is 46.2 Å². The Labute approximate surface area is 241 Å². The lowest BCUT2D eigenvalue weighted by Crippen LogP contribution is -2.61. The van der Waals surface area contributed by atoms with Gasteiger partial charge in [0.05, 0.1) is 0 Å². The first kappa shape index (κ1) is 33.1. The van der Waals surface area contributed by atoms with Crippen LogP contribution in [0.15, 0.2) is 24.3 Å². The summed E-state index contributed by atoms with van der Waals surface area (Å²) in [5.41, 5.74) is 0.221. The second-order valence-corrected chi connectivity index (χ2v) is 12.4. The van der Waals surface area contributed by atoms with Gasteiger partial charge in [-0.05, 0) is 49.8 Å². The van der Waals surface area contributed by atoms with E-state index in [9.17, 15) is 24.0 Å². The van der Waals surface area contributed by atoms with E-state index in [-0.39, 0.29) is 49.1 Å². The van der Waals surface area contributed by atoms with Gasteiger partial charge < -0.3 is 26.6 Å². The van der Waals surface area contributed by atoms with E-state index in [4.69, 9.17) is 0 Å². The Kier molecular flexibility index (Phi) is 13.0. The standard InChI is InChI=1S/C29H45N5O5S/c1-7-19(4)24-27(38)31-13-12-30-25(36)21-10-8-9-20(16-21)17-40-14-11-23(35)34-29(5,6)28(39)32-22(15-18(2)3)26(37)33-24/h8-10,16,18-19,22,24H,7,11-15,17H2,1-6H3,(H,30,36)(H,31,38)(H,32,39)(H,33,37)(H,34,35)/t19-,22-,24-/m0/s1. The Morgan fingerprint density at radius 1 is 0.975 bits per heavy atom. The van der Waals surface area contributed by atoms with Gasteiger partial charge in [-0.15, -0.1) is 0 Å². The van der Waals surface area contributed by atoms with Crippen molar-refractivity contribution in [3.05, 3.63) is 35.4 Å². The lowest BCUT2D eigenvalue weighted by Gasteiger charge is -2.30. The Hall–Kier alpha value is -3.08. The molecule has 0 unspecified atom stereocenters. The summed E-state index contributed by atoms with van der Waals surface area (Å²) >= 11 is 1.55. The molecule has 40 heavy (non-hydrogen) atoms. The summed E-state index contributed by atoms with van der Waals surface area (Å²) < 4.78 is 0. The third-order valence-electron chi connectivity index (χ3n) is 6.78. The third-order valence-corrected chi connectivity index (χ3v) is 7.81. The number of thioether (sulfide) groups is 1. The fourth-order valence-electron chi connectivity index (χ4n) is 4.20. The molecule has 5 N–H and O–H groups in total. The van der Waals surface area contributed by atoms with E-state index in [0.29, 0.717) is 29.9 Å². The van der Waals surface area contributed by atoms with Crippen molar-refractivity contribution in [1.29, 1.82) is 0 Å². The smallest absolute Gasteiger partial charge is 0.251 e. The van der Waals surface area contributed by atoms with Crippen LogP contribution >= 0.6 is 11.8 Å². The lowest BCUT2D eigenvalue weighted by molar-refractivity contribution is -0.136. The molecule has 0 fully saturated rings. The van der Waals surface area contributed by atoms with Gasteiger partial charge >= 0.3 is 0 Å². The molecule has 1 aromatic rings. The van der Waals surface area contributed by atoms with E-state index in [2.05, 4.69) is 26.6 Å². The van der Waals surface area contributed by atoms with Crippen LogP contribution in [-0.2, 0) is 24.9 Å². The zero-order chi connectivity index (χ0) is 29.9. The van der Waals surface area contributed by atoms with Gasteiger partial charge in [0, 0.05) is 36.6 Å². The summed E-state index contributed by atoms with van der Waals surface area (Å²) in [4.78, 5) is 64.9. The van der Waals surface area contributed by atoms with Crippen LogP contribution < -0.4 is 26.6 Å². The summed E-state index contributed by atoms with van der Waals surface area (Å²) in [7, 11) is 0. The molecule has 0 spiro atoms. The molecule has 3 atom stereocenters. The summed E-state index contributed by atoms with van der Waals surface area (Å²) in [5.74, 6) is -0.749. The van der Waals surface area contributed by atoms with E-state index in [0.717, 1.165) is 5.56 Å². The van der Waals surface area contributed by atoms with E-state index < -0.39 is 29.4 Å². The average molecular weight is 576 g/mol. The van der Waals surface area contributed by atoms with Crippen molar-refractivity contribution in [2.45, 2.75) is 84.2 Å². The second-order valence-electron chi connectivity index (χ2n) is 11.3. The SMILES string of the molecule is CC[C@H](C)[C@@H]1NC(=O)[C@H](CC(C)C)NC(=O)C(C)(C)NC(=O)CCSCc2cccc(c2)C(=O)NCCNC1=O. The fraction of sp³-hybridized carbons (Fsp3) is 0.621. The van der Waals surface area contributed by atoms with Crippen molar-refractivity contribution in [3.8, 4) is 0 Å². The van der Waals surface area contributed by atoms with Crippen LogP contribution in [0, 0.1) is 11.8 Å². The Morgan fingerprint density at radius 2 is 1.68 bits per heavy atom. The van der Waals surface area contributed by atoms with Crippen molar-refractivity contribution in [2.24, 2.45) is 11.8 Å². The molecular weight excluding hydrogens is 530 g/mol. The van der Waals surface area contributed by atoms with Crippen molar-refractivity contribution in [3.63, 3.8) is 0 Å². The van der Waals surface area contributed by atoms with E-state index in [1.54, 1.807) is 31.7 Å². The van der Waals surface area contributed by atoms with Crippen LogP contribution in [-0.4, -0.2) is 66.0 Å². The predicted octanol–water partition coefficient (Wildman–Crippen LogP) is 2.13. The number of carbonyl (C=O) groups is 5. The number of carbonyl (C=O) groups excluding carboxylic acids is 5. The van der Waals surface area contributed by atoms with Crippen molar-refractivity contribution >= 4 is 41.3 Å². The molecule has 2 bridgehead atoms. The molecule has 222 valence electrons. The molecule has 11 heteroatoms. The first-order valence-corrected chi connectivity index (χ1v) is 15.1. The third kappa shape index (κ3) is 10.5. The molecule has 1 aliphatic heterocycles. The number of hydrogen-bond acceptors (Lipinski definition) is 6. The highest BCUT2D eigenvalue weighted by Gasteiger charge is 2.35. The number of rotatable bonds is 4. The van der Waals surface area contributed by atoms with Crippen LogP contribution in [0.2, 0.25) is 0 Å². The summed E-state index contributed by atoms with van der Waals surface area (Å²) in [6.07, 6.45) is 1.21. The number of amides is 5. The lowest BCUT2D eigenvalue weighted by atomic mass is 9.96. The van der Waals surface area contributed by atoms with Crippen LogP contribution in [0.5, 0.6) is 0 Å². The molecule has 1 aromatic carbocycles. The molecule has 1 heterocycles. The zero-order valence-corrected chi connectivity index (χ0v) is 25.3. The van der Waals surface area contributed by atoms with Gasteiger partial charge in [-0.25, -0.2) is 0 Å². The molecule has 5 amide bonds. The first-order chi connectivity index (χ1) is 18.8.